The van der Waals surface area contributed by atoms with Crippen LogP contribution in [0.25, 0.3) is 16.9 Å². The molecule has 3 aliphatic heterocycles. The molecule has 0 bridgehead atoms. The quantitative estimate of drug-likeness (QED) is 0.155. The molecule has 1 unspecified atom stereocenters. The Bertz CT molecular complexity index is 1850. The van der Waals surface area contributed by atoms with Crippen molar-refractivity contribution in [2.45, 2.75) is 44.6 Å². The minimum atomic E-state index is -0.155. The second-order valence-corrected chi connectivity index (χ2v) is 16.0. The Kier molecular flexibility index (Phi) is 8.97. The number of imidazole rings is 1. The maximum atomic E-state index is 12.3. The van der Waals surface area contributed by atoms with Gasteiger partial charge in [-0.3, -0.25) is 4.79 Å². The summed E-state index contributed by atoms with van der Waals surface area (Å²) in [5.41, 5.74) is 6.35. The van der Waals surface area contributed by atoms with E-state index >= 15 is 0 Å². The van der Waals surface area contributed by atoms with Gasteiger partial charge in [-0.05, 0) is 0 Å². The fraction of sp³-hybridized carbons (Fsp3) is 0.400. The third kappa shape index (κ3) is 6.63. The first-order valence-corrected chi connectivity index (χ1v) is 18.8. The molecule has 6 heterocycles. The molecular formula is C35H40IN10O2-. The van der Waals surface area contributed by atoms with Gasteiger partial charge in [-0.15, -0.1) is 0 Å². The van der Waals surface area contributed by atoms with E-state index in [4.69, 9.17) is 10.1 Å². The topological polar surface area (TPSA) is 116 Å². The van der Waals surface area contributed by atoms with Gasteiger partial charge in [0.25, 0.3) is 0 Å². The molecule has 48 heavy (non-hydrogen) atoms. The van der Waals surface area contributed by atoms with Gasteiger partial charge in [-0.1, -0.05) is 30.3 Å². The van der Waals surface area contributed by atoms with E-state index in [0.29, 0.717) is 24.7 Å². The molecule has 1 atom stereocenters. The summed E-state index contributed by atoms with van der Waals surface area (Å²) in [6.45, 7) is 6.54. The van der Waals surface area contributed by atoms with Crippen LogP contribution in [0.3, 0.4) is 0 Å². The number of hydrogen-bond donors (Lipinski definition) is 2. The standard InChI is InChI=1S/C35H40IN10O2/c47-32-11-10-30(35(48)41-32)25-6-8-28(9-7-25)42-18-20-44(21-19-42)36-43-15-12-29(13-16-43)46-24-27(22-39-46)40-33-34-37-14-17-45(34)31(23-38-33)26-4-2-1-3-5-26/h1-6,8,14,17,22-24,29-30H,7,9-13,15-16,18-21H2,(H,38,40)(H,41,47,48)/q-1. The number of nitrogens with one attached hydrogen (secondary N) is 2. The van der Waals surface area contributed by atoms with Crippen LogP contribution in [0.15, 0.2) is 84.7 Å². The molecule has 3 saturated heterocycles. The number of halogens is 1. The third-order valence-electron chi connectivity index (χ3n) is 9.84. The summed E-state index contributed by atoms with van der Waals surface area (Å²) in [4.78, 5) is 35.6. The number of nitrogens with zero attached hydrogens (tertiary/aromatic N) is 8. The van der Waals surface area contributed by atoms with Crippen molar-refractivity contribution >= 4 is 29.0 Å². The van der Waals surface area contributed by atoms with Crippen molar-refractivity contribution in [3.8, 4) is 11.3 Å². The monoisotopic (exact) mass is 759 g/mol. The van der Waals surface area contributed by atoms with Crippen molar-refractivity contribution < 1.29 is 31.3 Å². The van der Waals surface area contributed by atoms with Gasteiger partial charge in [0.15, 0.2) is 0 Å². The molecular weight excluding hydrogens is 719 g/mol. The average molecular weight is 760 g/mol. The van der Waals surface area contributed by atoms with Crippen LogP contribution >= 0.6 is 0 Å². The van der Waals surface area contributed by atoms with E-state index in [-0.39, 0.29) is 39.5 Å². The van der Waals surface area contributed by atoms with Crippen LogP contribution in [0.2, 0.25) is 0 Å². The molecule has 0 radical (unpaired) electrons. The summed E-state index contributed by atoms with van der Waals surface area (Å²) in [6, 6.07) is 10.6. The fourth-order valence-electron chi connectivity index (χ4n) is 7.18. The van der Waals surface area contributed by atoms with E-state index in [1.165, 1.54) is 11.3 Å². The van der Waals surface area contributed by atoms with E-state index in [2.05, 4.69) is 66.3 Å². The van der Waals surface area contributed by atoms with Gasteiger partial charge >= 0.3 is 251 Å². The SMILES string of the molecule is O=C1CCC(C2=CC=C(N3CCN([I-]N4CCC(n5cc(Nc6ncc(-c7ccccc7)n7ccnc67)cn5)CC4)CC3)CC2)C(=O)N1. The molecule has 4 aliphatic rings. The van der Waals surface area contributed by atoms with Crippen molar-refractivity contribution in [2.24, 2.45) is 5.92 Å². The average Bonchev–Trinajstić information content (AvgIpc) is 3.81. The Morgan fingerprint density at radius 2 is 1.67 bits per heavy atom. The number of piperazine rings is 1. The number of hydrogen-bond acceptors (Lipinski definition) is 9. The van der Waals surface area contributed by atoms with Crippen LogP contribution in [0.5, 0.6) is 0 Å². The van der Waals surface area contributed by atoms with Crippen LogP contribution in [0.4, 0.5) is 11.5 Å². The first-order valence-electron chi connectivity index (χ1n) is 16.9. The minimum absolute atomic E-state index is 0.127. The summed E-state index contributed by atoms with van der Waals surface area (Å²) >= 11 is -0.155. The Morgan fingerprint density at radius 1 is 0.854 bits per heavy atom. The van der Waals surface area contributed by atoms with Crippen LogP contribution in [0.1, 0.15) is 44.6 Å². The van der Waals surface area contributed by atoms with Gasteiger partial charge in [0, 0.05) is 5.56 Å². The number of fused-ring (bicyclic) bond motifs is 1. The third-order valence-corrected chi connectivity index (χ3v) is 13.0. The molecule has 250 valence electrons. The Labute approximate surface area is 290 Å². The fourth-order valence-corrected chi connectivity index (χ4v) is 9.90. The number of allylic oxidation sites excluding steroid dienone is 3. The number of carbonyl (C=O) groups is 2. The molecule has 12 nitrogen and oxygen atoms in total. The summed E-state index contributed by atoms with van der Waals surface area (Å²) in [5, 5.41) is 10.7. The summed E-state index contributed by atoms with van der Waals surface area (Å²) in [5.74, 6) is 0.295. The first-order chi connectivity index (χ1) is 23.6. The molecule has 1 aromatic carbocycles. The molecule has 2 amide bonds. The summed E-state index contributed by atoms with van der Waals surface area (Å²) in [6.07, 6.45) is 19.2. The van der Waals surface area contributed by atoms with Crippen LogP contribution < -0.4 is 32.4 Å². The molecule has 8 rings (SSSR count). The normalized spacial score (nSPS) is 21.8. The Morgan fingerprint density at radius 3 is 2.44 bits per heavy atom. The number of imide groups is 1. The van der Waals surface area contributed by atoms with Gasteiger partial charge in [-0.2, -0.15) is 0 Å². The van der Waals surface area contributed by atoms with Gasteiger partial charge in [0.05, 0.1) is 0 Å². The predicted molar refractivity (Wildman–Crippen MR) is 178 cm³/mol. The number of aromatic nitrogens is 5. The number of anilines is 2. The number of rotatable bonds is 8. The Balaban J connectivity index is 0.806. The molecule has 0 spiro atoms. The maximum absolute atomic E-state index is 12.3. The van der Waals surface area contributed by atoms with Crippen molar-refractivity contribution in [2.75, 3.05) is 44.6 Å². The van der Waals surface area contributed by atoms with Gasteiger partial charge in [0.2, 0.25) is 0 Å². The van der Waals surface area contributed by atoms with Crippen LogP contribution in [-0.4, -0.2) is 86.4 Å². The molecule has 13 heteroatoms. The van der Waals surface area contributed by atoms with Crippen molar-refractivity contribution in [3.63, 3.8) is 0 Å². The first kappa shape index (κ1) is 31.2. The zero-order chi connectivity index (χ0) is 32.5. The number of carbonyl (C=O) groups excluding carboxylic acids is 2. The molecule has 4 aromatic rings. The number of benzene rings is 1. The summed E-state index contributed by atoms with van der Waals surface area (Å²) < 4.78 is 9.57. The van der Waals surface area contributed by atoms with E-state index in [0.717, 1.165) is 87.5 Å². The number of piperidine rings is 2. The van der Waals surface area contributed by atoms with Gasteiger partial charge in [-0.25, -0.2) is 0 Å². The van der Waals surface area contributed by atoms with E-state index in [9.17, 15) is 9.59 Å². The number of amides is 2. The van der Waals surface area contributed by atoms with E-state index < -0.39 is 0 Å². The van der Waals surface area contributed by atoms with Crippen LogP contribution in [-0.2, 0) is 9.59 Å². The van der Waals surface area contributed by atoms with E-state index in [1.54, 1.807) is 0 Å². The molecule has 3 fully saturated rings. The second kappa shape index (κ2) is 13.8. The molecule has 2 N–H and O–H groups in total. The van der Waals surface area contributed by atoms with Gasteiger partial charge in [0.1, 0.15) is 0 Å². The predicted octanol–water partition coefficient (Wildman–Crippen LogP) is 1.17. The van der Waals surface area contributed by atoms with Crippen molar-refractivity contribution in [1.82, 2.24) is 40.6 Å². The van der Waals surface area contributed by atoms with Crippen molar-refractivity contribution in [3.05, 3.63) is 84.7 Å². The zero-order valence-electron chi connectivity index (χ0n) is 26.8. The summed E-state index contributed by atoms with van der Waals surface area (Å²) in [7, 11) is 0. The molecule has 1 aliphatic carbocycles. The zero-order valence-corrected chi connectivity index (χ0v) is 29.0. The van der Waals surface area contributed by atoms with E-state index in [1.807, 2.05) is 43.0 Å². The molecule has 0 saturated carbocycles. The Hall–Kier alpha value is -4.08. The van der Waals surface area contributed by atoms with Gasteiger partial charge < -0.3 is 0 Å². The molecule has 3 aromatic heterocycles. The van der Waals surface area contributed by atoms with Crippen molar-refractivity contribution in [1.29, 1.82) is 0 Å². The van der Waals surface area contributed by atoms with Crippen LogP contribution in [0, 0.1) is 5.92 Å². The second-order valence-electron chi connectivity index (χ2n) is 12.8.